The molecular formula is C16H18O5S. The number of ketones is 1. The number of aromatic carboxylic acids is 1. The molecule has 0 aliphatic rings. The fourth-order valence-electron chi connectivity index (χ4n) is 2.40. The molecule has 0 aromatic carbocycles. The Bertz CT molecular complexity index is 723. The summed E-state index contributed by atoms with van der Waals surface area (Å²) in [6.07, 6.45) is 0. The van der Waals surface area contributed by atoms with Crippen molar-refractivity contribution in [2.75, 3.05) is 0 Å². The maximum absolute atomic E-state index is 11.7. The average molecular weight is 322 g/mol. The Labute approximate surface area is 132 Å². The van der Waals surface area contributed by atoms with Gasteiger partial charge in [0.05, 0.1) is 5.56 Å². The van der Waals surface area contributed by atoms with Crippen molar-refractivity contribution < 1.29 is 23.5 Å². The predicted octanol–water partition coefficient (Wildman–Crippen LogP) is 4.13. The molecule has 0 bridgehead atoms. The molecule has 6 heteroatoms. The van der Waals surface area contributed by atoms with Crippen LogP contribution in [0.4, 0.5) is 0 Å². The van der Waals surface area contributed by atoms with Crippen molar-refractivity contribution in [1.82, 2.24) is 0 Å². The SMILES string of the molecule is CC(=O)c1c(C)oc(C)c1CSCc1cc(C(=O)O)oc1C. The highest BCUT2D eigenvalue weighted by molar-refractivity contribution is 7.97. The Morgan fingerprint density at radius 3 is 2.32 bits per heavy atom. The van der Waals surface area contributed by atoms with Gasteiger partial charge in [-0.25, -0.2) is 4.79 Å². The van der Waals surface area contributed by atoms with E-state index in [1.54, 1.807) is 31.7 Å². The van der Waals surface area contributed by atoms with Crippen LogP contribution in [0.5, 0.6) is 0 Å². The first kappa shape index (κ1) is 16.4. The molecular weight excluding hydrogens is 304 g/mol. The molecule has 1 N–H and O–H groups in total. The van der Waals surface area contributed by atoms with Crippen LogP contribution in [0.3, 0.4) is 0 Å². The van der Waals surface area contributed by atoms with E-state index < -0.39 is 5.97 Å². The van der Waals surface area contributed by atoms with E-state index in [0.717, 1.165) is 16.9 Å². The number of hydrogen-bond acceptors (Lipinski definition) is 5. The largest absolute Gasteiger partial charge is 0.475 e. The highest BCUT2D eigenvalue weighted by Gasteiger charge is 2.19. The molecule has 0 aliphatic heterocycles. The number of furan rings is 2. The van der Waals surface area contributed by atoms with Crippen LogP contribution in [0.15, 0.2) is 14.9 Å². The van der Waals surface area contributed by atoms with Gasteiger partial charge in [0.15, 0.2) is 5.78 Å². The van der Waals surface area contributed by atoms with Crippen molar-refractivity contribution in [2.24, 2.45) is 0 Å². The van der Waals surface area contributed by atoms with Crippen LogP contribution in [0.25, 0.3) is 0 Å². The summed E-state index contributed by atoms with van der Waals surface area (Å²) in [5, 5.41) is 8.91. The van der Waals surface area contributed by atoms with E-state index in [-0.39, 0.29) is 11.5 Å². The Morgan fingerprint density at radius 1 is 1.09 bits per heavy atom. The maximum Gasteiger partial charge on any atom is 0.371 e. The fraction of sp³-hybridized carbons (Fsp3) is 0.375. The van der Waals surface area contributed by atoms with Crippen molar-refractivity contribution in [3.8, 4) is 0 Å². The fourth-order valence-corrected chi connectivity index (χ4v) is 3.56. The zero-order valence-electron chi connectivity index (χ0n) is 13.0. The summed E-state index contributed by atoms with van der Waals surface area (Å²) in [7, 11) is 0. The van der Waals surface area contributed by atoms with E-state index in [1.165, 1.54) is 6.92 Å². The zero-order chi connectivity index (χ0) is 16.4. The first-order chi connectivity index (χ1) is 10.3. The Balaban J connectivity index is 2.09. The van der Waals surface area contributed by atoms with Gasteiger partial charge in [-0.3, -0.25) is 4.79 Å². The number of carbonyl (C=O) groups excluding carboxylic acids is 1. The Hall–Kier alpha value is -1.95. The lowest BCUT2D eigenvalue weighted by molar-refractivity contribution is 0.0660. The molecule has 0 amide bonds. The summed E-state index contributed by atoms with van der Waals surface area (Å²) in [6, 6.07) is 1.55. The second-order valence-electron chi connectivity index (χ2n) is 5.11. The van der Waals surface area contributed by atoms with Crippen molar-refractivity contribution in [3.63, 3.8) is 0 Å². The molecule has 0 radical (unpaired) electrons. The maximum atomic E-state index is 11.7. The lowest BCUT2D eigenvalue weighted by atomic mass is 10.1. The minimum Gasteiger partial charge on any atom is -0.475 e. The van der Waals surface area contributed by atoms with Crippen LogP contribution in [-0.4, -0.2) is 16.9 Å². The van der Waals surface area contributed by atoms with E-state index in [9.17, 15) is 9.59 Å². The molecule has 0 aliphatic carbocycles. The van der Waals surface area contributed by atoms with Crippen LogP contribution >= 0.6 is 11.8 Å². The van der Waals surface area contributed by atoms with E-state index >= 15 is 0 Å². The molecule has 0 fully saturated rings. The quantitative estimate of drug-likeness (QED) is 0.805. The van der Waals surface area contributed by atoms with Crippen LogP contribution in [0.1, 0.15) is 56.2 Å². The summed E-state index contributed by atoms with van der Waals surface area (Å²) >= 11 is 1.59. The van der Waals surface area contributed by atoms with Gasteiger partial charge in [-0.15, -0.1) is 0 Å². The number of thioether (sulfide) groups is 1. The van der Waals surface area contributed by atoms with E-state index in [1.807, 2.05) is 6.92 Å². The third-order valence-corrected chi connectivity index (χ3v) is 4.48. The van der Waals surface area contributed by atoms with E-state index in [4.69, 9.17) is 13.9 Å². The second-order valence-corrected chi connectivity index (χ2v) is 6.10. The molecule has 2 aromatic rings. The molecule has 2 rings (SSSR count). The Kier molecular flexibility index (Phi) is 4.81. The van der Waals surface area contributed by atoms with Gasteiger partial charge >= 0.3 is 5.97 Å². The van der Waals surface area contributed by atoms with Gasteiger partial charge in [0.2, 0.25) is 5.76 Å². The molecule has 118 valence electrons. The van der Waals surface area contributed by atoms with Gasteiger partial charge in [-0.1, -0.05) is 0 Å². The normalized spacial score (nSPS) is 10.9. The lowest BCUT2D eigenvalue weighted by Gasteiger charge is -2.02. The Morgan fingerprint density at radius 2 is 1.77 bits per heavy atom. The standard InChI is InChI=1S/C16H18O5S/c1-8(17)15-11(4)20-10(3)13(15)7-22-6-12-5-14(16(18)19)21-9(12)2/h5H,6-7H2,1-4H3,(H,18,19). The van der Waals surface area contributed by atoms with Crippen molar-refractivity contribution >= 4 is 23.5 Å². The molecule has 5 nitrogen and oxygen atoms in total. The lowest BCUT2D eigenvalue weighted by Crippen LogP contribution is -1.98. The molecule has 2 aromatic heterocycles. The first-order valence-electron chi connectivity index (χ1n) is 6.81. The molecule has 22 heavy (non-hydrogen) atoms. The van der Waals surface area contributed by atoms with Gasteiger partial charge in [-0.2, -0.15) is 11.8 Å². The van der Waals surface area contributed by atoms with E-state index in [0.29, 0.717) is 28.6 Å². The van der Waals surface area contributed by atoms with Crippen molar-refractivity contribution in [2.45, 2.75) is 39.2 Å². The minimum atomic E-state index is -1.07. The number of hydrogen-bond donors (Lipinski definition) is 1. The van der Waals surface area contributed by atoms with Crippen molar-refractivity contribution in [1.29, 1.82) is 0 Å². The topological polar surface area (TPSA) is 80.7 Å². The third-order valence-electron chi connectivity index (χ3n) is 3.47. The number of rotatable bonds is 6. The molecule has 0 unspecified atom stereocenters. The zero-order valence-corrected chi connectivity index (χ0v) is 13.8. The van der Waals surface area contributed by atoms with Crippen LogP contribution in [-0.2, 0) is 11.5 Å². The third kappa shape index (κ3) is 3.27. The molecule has 0 saturated heterocycles. The molecule has 0 spiro atoms. The summed E-state index contributed by atoms with van der Waals surface area (Å²) in [4.78, 5) is 22.6. The number of aryl methyl sites for hydroxylation is 3. The number of carboxylic acids is 1. The predicted molar refractivity (Wildman–Crippen MR) is 83.6 cm³/mol. The van der Waals surface area contributed by atoms with Crippen LogP contribution < -0.4 is 0 Å². The number of carbonyl (C=O) groups is 2. The van der Waals surface area contributed by atoms with Gasteiger partial charge in [0.1, 0.15) is 17.3 Å². The smallest absolute Gasteiger partial charge is 0.371 e. The van der Waals surface area contributed by atoms with Gasteiger partial charge < -0.3 is 13.9 Å². The van der Waals surface area contributed by atoms with Gasteiger partial charge in [0, 0.05) is 22.6 Å². The van der Waals surface area contributed by atoms with Gasteiger partial charge in [0.25, 0.3) is 0 Å². The number of carboxylic acid groups (broad SMARTS) is 1. The molecule has 2 heterocycles. The highest BCUT2D eigenvalue weighted by atomic mass is 32.2. The molecule has 0 atom stereocenters. The first-order valence-corrected chi connectivity index (χ1v) is 7.96. The average Bonchev–Trinajstić information content (AvgIpc) is 2.91. The summed E-state index contributed by atoms with van der Waals surface area (Å²) in [6.45, 7) is 6.92. The summed E-state index contributed by atoms with van der Waals surface area (Å²) < 4.78 is 10.7. The second kappa shape index (κ2) is 6.44. The minimum absolute atomic E-state index is 0.00222. The van der Waals surface area contributed by atoms with Crippen molar-refractivity contribution in [3.05, 3.63) is 45.8 Å². The summed E-state index contributed by atoms with van der Waals surface area (Å²) in [5.74, 6) is 2.13. The monoisotopic (exact) mass is 322 g/mol. The summed E-state index contributed by atoms with van der Waals surface area (Å²) in [5.41, 5.74) is 2.42. The number of Topliss-reactive ketones (excluding diaryl/α,β-unsaturated/α-hetero) is 1. The van der Waals surface area contributed by atoms with E-state index in [2.05, 4.69) is 0 Å². The highest BCUT2D eigenvalue weighted by Crippen LogP contribution is 2.29. The van der Waals surface area contributed by atoms with Crippen LogP contribution in [0, 0.1) is 20.8 Å². The van der Waals surface area contributed by atoms with Gasteiger partial charge in [-0.05, 0) is 33.8 Å². The molecule has 0 saturated carbocycles. The van der Waals surface area contributed by atoms with Crippen LogP contribution in [0.2, 0.25) is 0 Å².